The molecule has 44 heavy (non-hydrogen) atoms. The molecule has 0 rings (SSSR count). The van der Waals surface area contributed by atoms with Gasteiger partial charge in [0, 0.05) is 13.2 Å². The number of hydrogen-bond donors (Lipinski definition) is 0. The summed E-state index contributed by atoms with van der Waals surface area (Å²) >= 11 is 0. The number of unbranched alkanes of at least 4 members (excludes halogenated alkanes) is 14. The average Bonchev–Trinajstić information content (AvgIpc) is 3.01. The molecule has 0 aliphatic rings. The number of likely N-dealkylation sites (N-methyl/N-ethyl adjacent to an activating group) is 1. The summed E-state index contributed by atoms with van der Waals surface area (Å²) in [5, 5.41) is 0. The van der Waals surface area contributed by atoms with E-state index in [0.717, 1.165) is 51.7 Å². The molecule has 0 heterocycles. The highest BCUT2D eigenvalue weighted by Crippen LogP contribution is 2.10. The lowest BCUT2D eigenvalue weighted by Gasteiger charge is -2.20. The normalized spacial score (nSPS) is 13.5. The predicted molar refractivity (Wildman–Crippen MR) is 197 cm³/mol. The minimum absolute atomic E-state index is 0.0975. The zero-order valence-electron chi connectivity index (χ0n) is 29.7. The van der Waals surface area contributed by atoms with E-state index in [0.29, 0.717) is 6.61 Å². The molecular formula is C41H73NO2. The monoisotopic (exact) mass is 612 g/mol. The molecular weight excluding hydrogens is 538 g/mol. The molecule has 1 atom stereocenters. The maximum Gasteiger partial charge on any atom is 0.134 e. The number of rotatable bonds is 33. The summed E-state index contributed by atoms with van der Waals surface area (Å²) in [7, 11) is 4.20. The van der Waals surface area contributed by atoms with E-state index in [2.05, 4.69) is 99.7 Å². The first-order valence-electron chi connectivity index (χ1n) is 18.5. The van der Waals surface area contributed by atoms with Gasteiger partial charge in [-0.3, -0.25) is 0 Å². The van der Waals surface area contributed by atoms with E-state index in [1.54, 1.807) is 0 Å². The summed E-state index contributed by atoms with van der Waals surface area (Å²) < 4.78 is 12.0. The van der Waals surface area contributed by atoms with Gasteiger partial charge in [-0.05, 0) is 104 Å². The van der Waals surface area contributed by atoms with Gasteiger partial charge in [0.1, 0.15) is 6.10 Å². The van der Waals surface area contributed by atoms with Crippen molar-refractivity contribution in [2.24, 2.45) is 0 Å². The van der Waals surface area contributed by atoms with Gasteiger partial charge in [-0.2, -0.15) is 0 Å². The van der Waals surface area contributed by atoms with E-state index < -0.39 is 0 Å². The van der Waals surface area contributed by atoms with E-state index in [4.69, 9.17) is 9.47 Å². The molecule has 3 nitrogen and oxygen atoms in total. The van der Waals surface area contributed by atoms with Gasteiger partial charge in [0.25, 0.3) is 0 Å². The maximum absolute atomic E-state index is 6.03. The van der Waals surface area contributed by atoms with Crippen LogP contribution in [-0.4, -0.2) is 44.9 Å². The summed E-state index contributed by atoms with van der Waals surface area (Å²) in [5.74, 6) is 0. The molecule has 0 saturated heterocycles. The molecule has 0 N–H and O–H groups in total. The van der Waals surface area contributed by atoms with Crippen LogP contribution in [0.15, 0.2) is 73.1 Å². The quantitative estimate of drug-likeness (QED) is 0.0418. The Balaban J connectivity index is 3.67. The zero-order valence-corrected chi connectivity index (χ0v) is 29.7. The average molecular weight is 612 g/mol. The van der Waals surface area contributed by atoms with Crippen molar-refractivity contribution in [1.82, 2.24) is 4.90 Å². The Bertz CT molecular complexity index is 731. The summed E-state index contributed by atoms with van der Waals surface area (Å²) in [4.78, 5) is 2.18. The Morgan fingerprint density at radius 3 is 1.48 bits per heavy atom. The fourth-order valence-corrected chi connectivity index (χ4v) is 4.89. The third kappa shape index (κ3) is 36.4. The van der Waals surface area contributed by atoms with E-state index in [1.807, 2.05) is 6.26 Å². The van der Waals surface area contributed by atoms with Crippen LogP contribution in [0.3, 0.4) is 0 Å². The highest BCUT2D eigenvalue weighted by molar-refractivity contribution is 4.97. The Kier molecular flexibility index (Phi) is 35.8. The van der Waals surface area contributed by atoms with Crippen LogP contribution in [0.4, 0.5) is 0 Å². The topological polar surface area (TPSA) is 21.7 Å². The van der Waals surface area contributed by atoms with Crippen molar-refractivity contribution in [3.05, 3.63) is 73.1 Å². The molecule has 0 spiro atoms. The molecule has 0 aliphatic carbocycles. The molecule has 0 aromatic rings. The second-order valence-electron chi connectivity index (χ2n) is 12.3. The molecule has 0 bridgehead atoms. The molecule has 1 unspecified atom stereocenters. The van der Waals surface area contributed by atoms with Gasteiger partial charge in [0.05, 0.1) is 12.9 Å². The van der Waals surface area contributed by atoms with Crippen molar-refractivity contribution in [2.75, 3.05) is 33.9 Å². The SMILES string of the molecule is CC/C=C\C/C=C\C/C=C\CCCCCC/C=C/OC(COCCCCCCCC/C=C\C/C=C\CCCCC)CN(C)C. The lowest BCUT2D eigenvalue weighted by molar-refractivity contribution is 0.0135. The lowest BCUT2D eigenvalue weighted by Crippen LogP contribution is -2.31. The van der Waals surface area contributed by atoms with Gasteiger partial charge in [-0.15, -0.1) is 0 Å². The molecule has 0 aromatic heterocycles. The van der Waals surface area contributed by atoms with Gasteiger partial charge in [-0.1, -0.05) is 126 Å². The first-order valence-corrected chi connectivity index (χ1v) is 18.5. The fraction of sp³-hybridized carbons (Fsp3) is 0.707. The fourth-order valence-electron chi connectivity index (χ4n) is 4.89. The summed E-state index contributed by atoms with van der Waals surface area (Å²) in [6.07, 6.45) is 53.1. The largest absolute Gasteiger partial charge is 0.495 e. The van der Waals surface area contributed by atoms with Gasteiger partial charge in [-0.25, -0.2) is 0 Å². The summed E-state index contributed by atoms with van der Waals surface area (Å²) in [6.45, 7) is 6.83. The zero-order chi connectivity index (χ0) is 32.0. The first kappa shape index (κ1) is 42.2. The third-order valence-corrected chi connectivity index (χ3v) is 7.50. The standard InChI is InChI=1S/C41H73NO2/c1-5-7-9-11-13-15-17-19-21-23-25-27-29-31-33-35-37-43-40-41(39-42(3)4)44-38-36-34-32-30-28-26-24-22-20-18-16-14-12-10-8-6-2/h8,10,13-16,19-22,36,38,41H,5-7,9,11-12,17-18,23-35,37,39-40H2,1-4H3/b10-8-,15-13-,16-14-,21-19-,22-20-,38-36+. The van der Waals surface area contributed by atoms with Crippen LogP contribution in [0.25, 0.3) is 0 Å². The van der Waals surface area contributed by atoms with Crippen LogP contribution in [0.5, 0.6) is 0 Å². The molecule has 0 amide bonds. The van der Waals surface area contributed by atoms with E-state index in [9.17, 15) is 0 Å². The number of nitrogens with zero attached hydrogens (tertiary/aromatic N) is 1. The molecule has 3 heteroatoms. The van der Waals surface area contributed by atoms with Crippen LogP contribution >= 0.6 is 0 Å². The second-order valence-corrected chi connectivity index (χ2v) is 12.3. The van der Waals surface area contributed by atoms with Crippen LogP contribution in [0.1, 0.15) is 149 Å². The van der Waals surface area contributed by atoms with Gasteiger partial charge >= 0.3 is 0 Å². The Morgan fingerprint density at radius 2 is 0.955 bits per heavy atom. The van der Waals surface area contributed by atoms with Crippen LogP contribution in [-0.2, 0) is 9.47 Å². The van der Waals surface area contributed by atoms with Crippen molar-refractivity contribution in [3.63, 3.8) is 0 Å². The number of ether oxygens (including phenoxy) is 2. The summed E-state index contributed by atoms with van der Waals surface area (Å²) in [6, 6.07) is 0. The molecule has 0 saturated carbocycles. The highest BCUT2D eigenvalue weighted by atomic mass is 16.5. The molecule has 0 radical (unpaired) electrons. The van der Waals surface area contributed by atoms with Crippen LogP contribution in [0.2, 0.25) is 0 Å². The number of allylic oxidation sites excluding steroid dienone is 11. The highest BCUT2D eigenvalue weighted by Gasteiger charge is 2.10. The van der Waals surface area contributed by atoms with Gasteiger partial charge in [0.15, 0.2) is 0 Å². The number of hydrogen-bond acceptors (Lipinski definition) is 3. The molecule has 0 aliphatic heterocycles. The Morgan fingerprint density at radius 1 is 0.500 bits per heavy atom. The first-order chi connectivity index (χ1) is 21.7. The van der Waals surface area contributed by atoms with E-state index in [1.165, 1.54) is 96.3 Å². The van der Waals surface area contributed by atoms with Crippen molar-refractivity contribution >= 4 is 0 Å². The molecule has 0 fully saturated rings. The minimum Gasteiger partial charge on any atom is -0.495 e. The van der Waals surface area contributed by atoms with Gasteiger partial charge < -0.3 is 14.4 Å². The van der Waals surface area contributed by atoms with Crippen molar-refractivity contribution in [2.45, 2.75) is 155 Å². The second kappa shape index (κ2) is 37.3. The Hall–Kier alpha value is -1.84. The molecule has 0 aromatic carbocycles. The van der Waals surface area contributed by atoms with Gasteiger partial charge in [0.2, 0.25) is 0 Å². The van der Waals surface area contributed by atoms with E-state index in [-0.39, 0.29) is 6.10 Å². The van der Waals surface area contributed by atoms with Crippen LogP contribution in [0, 0.1) is 0 Å². The third-order valence-electron chi connectivity index (χ3n) is 7.50. The van der Waals surface area contributed by atoms with E-state index >= 15 is 0 Å². The maximum atomic E-state index is 6.03. The van der Waals surface area contributed by atoms with Crippen molar-refractivity contribution < 1.29 is 9.47 Å². The minimum atomic E-state index is 0.0975. The van der Waals surface area contributed by atoms with Crippen molar-refractivity contribution in [1.29, 1.82) is 0 Å². The smallest absolute Gasteiger partial charge is 0.134 e. The predicted octanol–water partition coefficient (Wildman–Crippen LogP) is 12.5. The van der Waals surface area contributed by atoms with Crippen molar-refractivity contribution in [3.8, 4) is 0 Å². The summed E-state index contributed by atoms with van der Waals surface area (Å²) in [5.41, 5.74) is 0. The Labute approximate surface area is 275 Å². The van der Waals surface area contributed by atoms with Crippen LogP contribution < -0.4 is 0 Å². The lowest BCUT2D eigenvalue weighted by atomic mass is 10.1. The molecule has 254 valence electrons.